The van der Waals surface area contributed by atoms with Crippen LogP contribution in [0.1, 0.15) is 32.3 Å². The summed E-state index contributed by atoms with van der Waals surface area (Å²) in [7, 11) is -3.66. The topological polar surface area (TPSA) is 52.7 Å². The SMILES string of the molecule is CSN1CCC(Nc2ccc(S(=O)(=O)N(Cc3ccc(F)cc3)CC(C)C)cc2)CC1. The molecule has 1 heterocycles. The molecular formula is C23H32FN3O2S2. The molecule has 0 spiro atoms. The third-order valence-electron chi connectivity index (χ3n) is 5.42. The van der Waals surface area contributed by atoms with Crippen LogP contribution in [0.25, 0.3) is 0 Å². The van der Waals surface area contributed by atoms with Crippen LogP contribution in [0, 0.1) is 11.7 Å². The van der Waals surface area contributed by atoms with Crippen LogP contribution in [0.2, 0.25) is 0 Å². The lowest BCUT2D eigenvalue weighted by atomic mass is 10.1. The molecule has 1 aliphatic heterocycles. The Morgan fingerprint density at radius 1 is 1.10 bits per heavy atom. The molecule has 0 amide bonds. The fourth-order valence-corrected chi connectivity index (χ4v) is 5.91. The van der Waals surface area contributed by atoms with Crippen LogP contribution in [-0.4, -0.2) is 49.0 Å². The van der Waals surface area contributed by atoms with Crippen LogP contribution in [0.15, 0.2) is 53.4 Å². The normalized spacial score (nSPS) is 16.2. The van der Waals surface area contributed by atoms with Crippen molar-refractivity contribution in [1.29, 1.82) is 0 Å². The minimum absolute atomic E-state index is 0.170. The van der Waals surface area contributed by atoms with E-state index in [9.17, 15) is 12.8 Å². The molecule has 0 saturated carbocycles. The average Bonchev–Trinajstić information content (AvgIpc) is 2.75. The van der Waals surface area contributed by atoms with Crippen LogP contribution in [-0.2, 0) is 16.6 Å². The van der Waals surface area contributed by atoms with Gasteiger partial charge in [0.15, 0.2) is 0 Å². The summed E-state index contributed by atoms with van der Waals surface area (Å²) in [5.74, 6) is -0.160. The number of sulfonamides is 1. The molecule has 0 radical (unpaired) electrons. The van der Waals surface area contributed by atoms with Gasteiger partial charge in [-0.1, -0.05) is 37.9 Å². The number of rotatable bonds is 9. The van der Waals surface area contributed by atoms with Gasteiger partial charge in [0.2, 0.25) is 10.0 Å². The number of hydrogen-bond donors (Lipinski definition) is 1. The second kappa shape index (κ2) is 10.8. The van der Waals surface area contributed by atoms with E-state index >= 15 is 0 Å². The van der Waals surface area contributed by atoms with Gasteiger partial charge in [-0.3, -0.25) is 4.31 Å². The molecule has 2 aromatic rings. The Hall–Kier alpha value is -1.61. The van der Waals surface area contributed by atoms with Gasteiger partial charge < -0.3 is 5.32 Å². The standard InChI is InChI=1S/C23H32FN3O2S2/c1-18(2)16-27(17-19-4-6-20(24)7-5-19)31(28,29)23-10-8-21(9-11-23)25-22-12-14-26(30-3)15-13-22/h4-11,18,22,25H,12-17H2,1-3H3. The predicted molar refractivity (Wildman–Crippen MR) is 127 cm³/mol. The maximum atomic E-state index is 13.3. The first-order valence-electron chi connectivity index (χ1n) is 10.7. The number of hydrogen-bond acceptors (Lipinski definition) is 5. The summed E-state index contributed by atoms with van der Waals surface area (Å²) in [5, 5.41) is 3.53. The van der Waals surface area contributed by atoms with Gasteiger partial charge in [-0.05, 0) is 67.0 Å². The van der Waals surface area contributed by atoms with Crippen molar-refractivity contribution in [2.24, 2.45) is 5.92 Å². The molecule has 8 heteroatoms. The summed E-state index contributed by atoms with van der Waals surface area (Å²) < 4.78 is 43.7. The fourth-order valence-electron chi connectivity index (χ4n) is 3.74. The van der Waals surface area contributed by atoms with Crippen molar-refractivity contribution in [3.8, 4) is 0 Å². The van der Waals surface area contributed by atoms with Crippen molar-refractivity contribution in [2.75, 3.05) is 31.2 Å². The summed E-state index contributed by atoms with van der Waals surface area (Å²) in [5.41, 5.74) is 1.70. The molecule has 1 fully saturated rings. The number of piperidine rings is 1. The second-order valence-corrected chi connectivity index (χ2v) is 11.2. The lowest BCUT2D eigenvalue weighted by Gasteiger charge is -2.31. The second-order valence-electron chi connectivity index (χ2n) is 8.37. The van der Waals surface area contributed by atoms with Crippen LogP contribution in [0.4, 0.5) is 10.1 Å². The average molecular weight is 466 g/mol. The van der Waals surface area contributed by atoms with Crippen molar-refractivity contribution in [1.82, 2.24) is 8.61 Å². The Morgan fingerprint density at radius 3 is 2.26 bits per heavy atom. The summed E-state index contributed by atoms with van der Waals surface area (Å²) in [6.07, 6.45) is 4.24. The molecular weight excluding hydrogens is 433 g/mol. The van der Waals surface area contributed by atoms with Gasteiger partial charge in [-0.25, -0.2) is 12.8 Å². The highest BCUT2D eigenvalue weighted by atomic mass is 32.2. The number of anilines is 1. The maximum absolute atomic E-state index is 13.3. The summed E-state index contributed by atoms with van der Waals surface area (Å²) in [6.45, 7) is 6.70. The zero-order valence-electron chi connectivity index (χ0n) is 18.4. The molecule has 170 valence electrons. The van der Waals surface area contributed by atoms with Gasteiger partial charge in [0.25, 0.3) is 0 Å². The first-order chi connectivity index (χ1) is 14.8. The van der Waals surface area contributed by atoms with E-state index in [2.05, 4.69) is 15.9 Å². The quantitative estimate of drug-likeness (QED) is 0.538. The molecule has 31 heavy (non-hydrogen) atoms. The van der Waals surface area contributed by atoms with Gasteiger partial charge in [0.1, 0.15) is 5.82 Å². The Labute approximate surface area is 190 Å². The van der Waals surface area contributed by atoms with Crippen molar-refractivity contribution >= 4 is 27.7 Å². The number of nitrogens with zero attached hydrogens (tertiary/aromatic N) is 2. The van der Waals surface area contributed by atoms with Gasteiger partial charge in [-0.2, -0.15) is 4.31 Å². The van der Waals surface area contributed by atoms with Crippen molar-refractivity contribution in [2.45, 2.75) is 44.2 Å². The lowest BCUT2D eigenvalue weighted by molar-refractivity contribution is 0.359. The molecule has 0 aromatic heterocycles. The Balaban J connectivity index is 1.71. The molecule has 5 nitrogen and oxygen atoms in total. The van der Waals surface area contributed by atoms with Gasteiger partial charge in [0, 0.05) is 37.9 Å². The van der Waals surface area contributed by atoms with E-state index in [1.54, 1.807) is 36.2 Å². The predicted octanol–water partition coefficient (Wildman–Crippen LogP) is 4.83. The highest BCUT2D eigenvalue weighted by Crippen LogP contribution is 2.24. The zero-order valence-corrected chi connectivity index (χ0v) is 20.1. The first-order valence-corrected chi connectivity index (χ1v) is 13.3. The zero-order chi connectivity index (χ0) is 22.4. The van der Waals surface area contributed by atoms with Crippen molar-refractivity contribution in [3.63, 3.8) is 0 Å². The van der Waals surface area contributed by atoms with Crippen molar-refractivity contribution < 1.29 is 12.8 Å². The fraction of sp³-hybridized carbons (Fsp3) is 0.478. The number of nitrogens with one attached hydrogen (secondary N) is 1. The highest BCUT2D eigenvalue weighted by molar-refractivity contribution is 7.96. The van der Waals surface area contributed by atoms with E-state index < -0.39 is 10.0 Å². The number of halogens is 1. The van der Waals surface area contributed by atoms with E-state index in [-0.39, 0.29) is 23.2 Å². The Bertz CT molecular complexity index is 926. The third kappa shape index (κ3) is 6.68. The van der Waals surface area contributed by atoms with E-state index in [1.807, 2.05) is 26.0 Å². The monoisotopic (exact) mass is 465 g/mol. The van der Waals surface area contributed by atoms with Crippen molar-refractivity contribution in [3.05, 3.63) is 59.9 Å². The van der Waals surface area contributed by atoms with Gasteiger partial charge >= 0.3 is 0 Å². The molecule has 0 bridgehead atoms. The van der Waals surface area contributed by atoms with Gasteiger partial charge in [-0.15, -0.1) is 0 Å². The number of benzene rings is 2. The highest BCUT2D eigenvalue weighted by Gasteiger charge is 2.26. The van der Waals surface area contributed by atoms with E-state index in [1.165, 1.54) is 16.4 Å². The molecule has 0 aliphatic carbocycles. The molecule has 3 rings (SSSR count). The van der Waals surface area contributed by atoms with Gasteiger partial charge in [0.05, 0.1) is 4.90 Å². The maximum Gasteiger partial charge on any atom is 0.243 e. The molecule has 2 aromatic carbocycles. The molecule has 0 unspecified atom stereocenters. The lowest BCUT2D eigenvalue weighted by Crippen LogP contribution is -2.35. The minimum Gasteiger partial charge on any atom is -0.382 e. The van der Waals surface area contributed by atoms with Crippen LogP contribution < -0.4 is 5.32 Å². The van der Waals surface area contributed by atoms with Crippen LogP contribution in [0.5, 0.6) is 0 Å². The molecule has 1 saturated heterocycles. The minimum atomic E-state index is -3.66. The largest absolute Gasteiger partial charge is 0.382 e. The molecule has 0 atom stereocenters. The van der Waals surface area contributed by atoms with Crippen LogP contribution in [0.3, 0.4) is 0 Å². The van der Waals surface area contributed by atoms with E-state index in [4.69, 9.17) is 0 Å². The Morgan fingerprint density at radius 2 is 1.71 bits per heavy atom. The van der Waals surface area contributed by atoms with E-state index in [0.717, 1.165) is 37.2 Å². The summed E-state index contributed by atoms with van der Waals surface area (Å²) in [6, 6.07) is 13.4. The summed E-state index contributed by atoms with van der Waals surface area (Å²) in [4.78, 5) is 0.276. The molecule has 1 aliphatic rings. The first kappa shape index (κ1) is 24.0. The Kier molecular flexibility index (Phi) is 8.38. The summed E-state index contributed by atoms with van der Waals surface area (Å²) >= 11 is 1.78. The van der Waals surface area contributed by atoms with E-state index in [0.29, 0.717) is 12.6 Å². The van der Waals surface area contributed by atoms with Crippen LogP contribution >= 0.6 is 11.9 Å². The third-order valence-corrected chi connectivity index (χ3v) is 8.12. The smallest absolute Gasteiger partial charge is 0.243 e. The molecule has 1 N–H and O–H groups in total.